The maximum atomic E-state index is 10.2. The molecule has 25 heavy (non-hydrogen) atoms. The molecule has 1 fully saturated rings. The van der Waals surface area contributed by atoms with E-state index < -0.39 is 6.10 Å². The summed E-state index contributed by atoms with van der Waals surface area (Å²) in [6, 6.07) is 11.5. The predicted molar refractivity (Wildman–Crippen MR) is 97.8 cm³/mol. The number of nitrogen functional groups attached to an aromatic ring is 1. The van der Waals surface area contributed by atoms with Crippen LogP contribution in [0.3, 0.4) is 0 Å². The summed E-state index contributed by atoms with van der Waals surface area (Å²) in [7, 11) is 0. The van der Waals surface area contributed by atoms with Gasteiger partial charge in [-0.15, -0.1) is 0 Å². The van der Waals surface area contributed by atoms with E-state index >= 15 is 0 Å². The Hall–Kier alpha value is -2.38. The Labute approximate surface area is 148 Å². The Bertz CT molecular complexity index is 654. The molecule has 0 unspecified atom stereocenters. The molecule has 3 rings (SSSR count). The number of rotatable bonds is 6. The average Bonchev–Trinajstić information content (AvgIpc) is 2.61. The minimum absolute atomic E-state index is 0.297. The zero-order valence-electron chi connectivity index (χ0n) is 14.5. The zero-order valence-corrected chi connectivity index (χ0v) is 14.5. The number of aliphatic hydroxyl groups is 1. The van der Waals surface area contributed by atoms with Crippen LogP contribution in [0.2, 0.25) is 0 Å². The van der Waals surface area contributed by atoms with Gasteiger partial charge < -0.3 is 20.5 Å². The number of aromatic nitrogens is 2. The maximum Gasteiger partial charge on any atom is 0.222 e. The quantitative estimate of drug-likeness (QED) is 0.807. The highest BCUT2D eigenvalue weighted by atomic mass is 16.5. The number of β-amino-alcohol motifs (C(OH)–C–C–N with tert-alkyl or cyclic N) is 1. The third-order valence-corrected chi connectivity index (χ3v) is 4.21. The van der Waals surface area contributed by atoms with Gasteiger partial charge in [0.15, 0.2) is 0 Å². The largest absolute Gasteiger partial charge is 0.491 e. The SMILES string of the molecule is Cc1cc(N2CCN(C[C@H](O)COc3ccccc3)CC2)nc(N)n1. The summed E-state index contributed by atoms with van der Waals surface area (Å²) in [6.07, 6.45) is -0.510. The fourth-order valence-corrected chi connectivity index (χ4v) is 2.96. The average molecular weight is 343 g/mol. The number of ether oxygens (including phenoxy) is 1. The molecule has 1 saturated heterocycles. The number of piperazine rings is 1. The molecule has 0 aliphatic carbocycles. The van der Waals surface area contributed by atoms with Gasteiger partial charge in [0, 0.05) is 44.5 Å². The predicted octanol–water partition coefficient (Wildman–Crippen LogP) is 0.929. The highest BCUT2D eigenvalue weighted by Crippen LogP contribution is 2.16. The summed E-state index contributed by atoms with van der Waals surface area (Å²) < 4.78 is 5.61. The van der Waals surface area contributed by atoms with Crippen LogP contribution < -0.4 is 15.4 Å². The molecule has 1 aromatic carbocycles. The second-order valence-corrected chi connectivity index (χ2v) is 6.29. The molecule has 0 amide bonds. The van der Waals surface area contributed by atoms with E-state index in [-0.39, 0.29) is 0 Å². The Morgan fingerprint density at radius 3 is 2.56 bits per heavy atom. The lowest BCUT2D eigenvalue weighted by atomic mass is 10.2. The summed E-state index contributed by atoms with van der Waals surface area (Å²) in [5.41, 5.74) is 6.61. The van der Waals surface area contributed by atoms with Gasteiger partial charge in [-0.2, -0.15) is 4.98 Å². The molecule has 7 heteroatoms. The highest BCUT2D eigenvalue weighted by Gasteiger charge is 2.21. The Morgan fingerprint density at radius 2 is 1.88 bits per heavy atom. The fourth-order valence-electron chi connectivity index (χ4n) is 2.96. The van der Waals surface area contributed by atoms with Crippen molar-refractivity contribution < 1.29 is 9.84 Å². The number of aliphatic hydroxyl groups excluding tert-OH is 1. The molecule has 0 bridgehead atoms. The van der Waals surface area contributed by atoms with Crippen LogP contribution in [0, 0.1) is 6.92 Å². The molecule has 0 spiro atoms. The van der Waals surface area contributed by atoms with Gasteiger partial charge in [-0.05, 0) is 19.1 Å². The first kappa shape index (κ1) is 17.4. The minimum atomic E-state index is -0.510. The number of hydrogen-bond acceptors (Lipinski definition) is 7. The van der Waals surface area contributed by atoms with Gasteiger partial charge in [0.25, 0.3) is 0 Å². The lowest BCUT2D eigenvalue weighted by Crippen LogP contribution is -2.49. The third kappa shape index (κ3) is 5.04. The Balaban J connectivity index is 1.44. The molecule has 1 aromatic heterocycles. The summed E-state index contributed by atoms with van der Waals surface area (Å²) in [6.45, 7) is 6.25. The van der Waals surface area contributed by atoms with Gasteiger partial charge in [0.2, 0.25) is 5.95 Å². The Morgan fingerprint density at radius 1 is 1.16 bits per heavy atom. The Kier molecular flexibility index (Phi) is 5.67. The highest BCUT2D eigenvalue weighted by molar-refractivity contribution is 5.43. The standard InChI is InChI=1S/C18H25N5O2/c1-14-11-17(21-18(19)20-14)23-9-7-22(8-10-23)12-15(24)13-25-16-5-3-2-4-6-16/h2-6,11,15,24H,7-10,12-13H2,1H3,(H2,19,20,21)/t15-/m0/s1. The number of para-hydroxylation sites is 1. The third-order valence-electron chi connectivity index (χ3n) is 4.21. The van der Waals surface area contributed by atoms with Crippen LogP contribution in [-0.4, -0.2) is 65.4 Å². The van der Waals surface area contributed by atoms with E-state index in [9.17, 15) is 5.11 Å². The number of nitrogens with zero attached hydrogens (tertiary/aromatic N) is 4. The van der Waals surface area contributed by atoms with E-state index in [1.165, 1.54) is 0 Å². The first-order chi connectivity index (χ1) is 12.1. The van der Waals surface area contributed by atoms with Crippen molar-refractivity contribution in [1.82, 2.24) is 14.9 Å². The molecule has 2 heterocycles. The van der Waals surface area contributed by atoms with E-state index in [0.29, 0.717) is 19.1 Å². The topological polar surface area (TPSA) is 87.7 Å². The first-order valence-electron chi connectivity index (χ1n) is 8.54. The van der Waals surface area contributed by atoms with Gasteiger partial charge in [-0.25, -0.2) is 4.98 Å². The van der Waals surface area contributed by atoms with Crippen LogP contribution in [-0.2, 0) is 0 Å². The van der Waals surface area contributed by atoms with E-state index in [0.717, 1.165) is 43.4 Å². The smallest absolute Gasteiger partial charge is 0.222 e. The van der Waals surface area contributed by atoms with Crippen molar-refractivity contribution in [2.75, 3.05) is 50.0 Å². The molecule has 0 saturated carbocycles. The second kappa shape index (κ2) is 8.13. The van der Waals surface area contributed by atoms with Crippen molar-refractivity contribution in [3.8, 4) is 5.75 Å². The van der Waals surface area contributed by atoms with Gasteiger partial charge >= 0.3 is 0 Å². The first-order valence-corrected chi connectivity index (χ1v) is 8.54. The summed E-state index contributed by atoms with van der Waals surface area (Å²) in [5.74, 6) is 1.96. The van der Waals surface area contributed by atoms with Crippen LogP contribution in [0.4, 0.5) is 11.8 Å². The molecule has 2 aromatic rings. The molecule has 1 aliphatic heterocycles. The maximum absolute atomic E-state index is 10.2. The molecule has 134 valence electrons. The fraction of sp³-hybridized carbons (Fsp3) is 0.444. The number of hydrogen-bond donors (Lipinski definition) is 2. The van der Waals surface area contributed by atoms with Gasteiger partial charge in [-0.1, -0.05) is 18.2 Å². The number of nitrogens with two attached hydrogens (primary N) is 1. The summed E-state index contributed by atoms with van der Waals surface area (Å²) in [5, 5.41) is 10.2. The molecule has 0 radical (unpaired) electrons. The molecule has 7 nitrogen and oxygen atoms in total. The van der Waals surface area contributed by atoms with Crippen molar-refractivity contribution >= 4 is 11.8 Å². The monoisotopic (exact) mass is 343 g/mol. The van der Waals surface area contributed by atoms with Gasteiger partial charge in [0.05, 0.1) is 0 Å². The van der Waals surface area contributed by atoms with E-state index in [1.807, 2.05) is 43.3 Å². The lowest BCUT2D eigenvalue weighted by molar-refractivity contribution is 0.0662. The van der Waals surface area contributed by atoms with Crippen molar-refractivity contribution in [2.24, 2.45) is 0 Å². The van der Waals surface area contributed by atoms with Crippen LogP contribution in [0.1, 0.15) is 5.69 Å². The van der Waals surface area contributed by atoms with Crippen LogP contribution in [0.5, 0.6) is 5.75 Å². The molecular weight excluding hydrogens is 318 g/mol. The molecule has 1 aliphatic rings. The van der Waals surface area contributed by atoms with E-state index in [2.05, 4.69) is 19.8 Å². The van der Waals surface area contributed by atoms with Crippen molar-refractivity contribution in [3.05, 3.63) is 42.1 Å². The number of benzene rings is 1. The molecular formula is C18H25N5O2. The van der Waals surface area contributed by atoms with Crippen molar-refractivity contribution in [3.63, 3.8) is 0 Å². The van der Waals surface area contributed by atoms with Crippen LogP contribution >= 0.6 is 0 Å². The van der Waals surface area contributed by atoms with Crippen molar-refractivity contribution in [1.29, 1.82) is 0 Å². The molecule has 3 N–H and O–H groups in total. The van der Waals surface area contributed by atoms with Gasteiger partial charge in [0.1, 0.15) is 24.3 Å². The van der Waals surface area contributed by atoms with E-state index in [4.69, 9.17) is 10.5 Å². The van der Waals surface area contributed by atoms with Crippen molar-refractivity contribution in [2.45, 2.75) is 13.0 Å². The van der Waals surface area contributed by atoms with E-state index in [1.54, 1.807) is 0 Å². The summed E-state index contributed by atoms with van der Waals surface area (Å²) in [4.78, 5) is 12.9. The minimum Gasteiger partial charge on any atom is -0.491 e. The zero-order chi connectivity index (χ0) is 17.6. The van der Waals surface area contributed by atoms with Gasteiger partial charge in [-0.3, -0.25) is 4.90 Å². The van der Waals surface area contributed by atoms with Crippen LogP contribution in [0.15, 0.2) is 36.4 Å². The molecule has 1 atom stereocenters. The number of anilines is 2. The van der Waals surface area contributed by atoms with Crippen LogP contribution in [0.25, 0.3) is 0 Å². The summed E-state index contributed by atoms with van der Waals surface area (Å²) >= 11 is 0. The number of aryl methyl sites for hydroxylation is 1. The normalized spacial score (nSPS) is 16.6. The second-order valence-electron chi connectivity index (χ2n) is 6.29. The lowest BCUT2D eigenvalue weighted by Gasteiger charge is -2.36.